The van der Waals surface area contributed by atoms with Gasteiger partial charge in [-0.2, -0.15) is 13.2 Å². The molecule has 2 aromatic heterocycles. The van der Waals surface area contributed by atoms with Gasteiger partial charge in [0.2, 0.25) is 0 Å². The lowest BCUT2D eigenvalue weighted by Crippen LogP contribution is -2.48. The molecule has 0 saturated carbocycles. The van der Waals surface area contributed by atoms with Crippen LogP contribution in [-0.4, -0.2) is 46.5 Å². The first kappa shape index (κ1) is 26.7. The van der Waals surface area contributed by atoms with Crippen molar-refractivity contribution in [1.82, 2.24) is 16.0 Å². The van der Waals surface area contributed by atoms with Crippen molar-refractivity contribution in [3.63, 3.8) is 0 Å². The fraction of sp³-hybridized carbons (Fsp3) is 0.182. The van der Waals surface area contributed by atoms with Crippen molar-refractivity contribution in [3.05, 3.63) is 73.6 Å². The van der Waals surface area contributed by atoms with Gasteiger partial charge in [-0.05, 0) is 35.2 Å². The van der Waals surface area contributed by atoms with Crippen LogP contribution in [0.4, 0.5) is 13.2 Å². The summed E-state index contributed by atoms with van der Waals surface area (Å²) in [6.45, 7) is -0.680. The standard InChI is InChI=1S/C22H18F3N3O6S2/c23-22(24,25)13-8-16(19(31)26-9-11-3-1-4-12(29)7-11)36-17(13)20(32)28-14(21(33)34)10-27-18(30)15-5-2-6-35-15/h1-8,14,29H,9-10H2,(H,26,31)(H,27,30)(H,28,32)(H,33,34)/t14-/m0/s1. The van der Waals surface area contributed by atoms with Gasteiger partial charge in [-0.25, -0.2) is 4.79 Å². The molecule has 14 heteroatoms. The quantitative estimate of drug-likeness (QED) is 0.282. The van der Waals surface area contributed by atoms with E-state index in [1.165, 1.54) is 24.3 Å². The van der Waals surface area contributed by atoms with E-state index >= 15 is 0 Å². The zero-order chi connectivity index (χ0) is 26.5. The molecule has 9 nitrogen and oxygen atoms in total. The number of carbonyl (C=O) groups excluding carboxylic acids is 3. The summed E-state index contributed by atoms with van der Waals surface area (Å²) >= 11 is 1.34. The Hall–Kier alpha value is -3.91. The molecule has 1 aromatic carbocycles. The Kier molecular flexibility index (Phi) is 8.32. The van der Waals surface area contributed by atoms with E-state index in [-0.39, 0.29) is 28.5 Å². The second-order valence-electron chi connectivity index (χ2n) is 7.26. The highest BCUT2D eigenvalue weighted by atomic mass is 32.1. The van der Waals surface area contributed by atoms with Crippen molar-refractivity contribution < 1.29 is 42.6 Å². The average molecular weight is 542 g/mol. The average Bonchev–Trinajstić information content (AvgIpc) is 3.50. The van der Waals surface area contributed by atoms with E-state index in [9.17, 15) is 42.6 Å². The van der Waals surface area contributed by atoms with Crippen LogP contribution in [0.2, 0.25) is 0 Å². The number of hydrogen-bond acceptors (Lipinski definition) is 7. The number of phenolic OH excluding ortho intramolecular Hbond substituents is 1. The maximum absolute atomic E-state index is 13.6. The third-order valence-electron chi connectivity index (χ3n) is 4.65. The minimum atomic E-state index is -5.00. The molecule has 36 heavy (non-hydrogen) atoms. The third-order valence-corrected chi connectivity index (χ3v) is 6.65. The molecule has 3 aromatic rings. The van der Waals surface area contributed by atoms with E-state index in [4.69, 9.17) is 0 Å². The van der Waals surface area contributed by atoms with Crippen molar-refractivity contribution in [2.75, 3.05) is 6.54 Å². The predicted octanol–water partition coefficient (Wildman–Crippen LogP) is 3.08. The van der Waals surface area contributed by atoms with E-state index < -0.39 is 57.8 Å². The summed E-state index contributed by atoms with van der Waals surface area (Å²) < 4.78 is 40.7. The van der Waals surface area contributed by atoms with Crippen LogP contribution in [0.25, 0.3) is 0 Å². The van der Waals surface area contributed by atoms with Crippen molar-refractivity contribution in [2.24, 2.45) is 0 Å². The number of aromatic hydroxyl groups is 1. The van der Waals surface area contributed by atoms with Crippen LogP contribution in [0.3, 0.4) is 0 Å². The second-order valence-corrected chi connectivity index (χ2v) is 9.26. The van der Waals surface area contributed by atoms with Gasteiger partial charge in [0.25, 0.3) is 17.7 Å². The van der Waals surface area contributed by atoms with Gasteiger partial charge in [0.15, 0.2) is 0 Å². The third kappa shape index (κ3) is 6.82. The molecule has 0 bridgehead atoms. The van der Waals surface area contributed by atoms with Crippen molar-refractivity contribution in [2.45, 2.75) is 18.8 Å². The Morgan fingerprint density at radius 2 is 1.67 bits per heavy atom. The summed E-state index contributed by atoms with van der Waals surface area (Å²) in [6, 6.07) is 7.73. The van der Waals surface area contributed by atoms with E-state index in [2.05, 4.69) is 10.6 Å². The Balaban J connectivity index is 1.74. The van der Waals surface area contributed by atoms with Crippen molar-refractivity contribution >= 4 is 46.4 Å². The fourth-order valence-corrected chi connectivity index (χ4v) is 4.57. The molecule has 3 rings (SSSR count). The number of halogens is 3. The molecule has 0 spiro atoms. The highest BCUT2D eigenvalue weighted by Gasteiger charge is 2.39. The van der Waals surface area contributed by atoms with Crippen molar-refractivity contribution in [3.8, 4) is 5.75 Å². The molecule has 0 aliphatic carbocycles. The van der Waals surface area contributed by atoms with Gasteiger partial charge in [-0.3, -0.25) is 14.4 Å². The zero-order valence-electron chi connectivity index (χ0n) is 18.1. The SMILES string of the molecule is O=C(NC[C@H](NC(=O)c1sc(C(=O)NCc2cccc(O)c2)cc1C(F)(F)F)C(=O)O)c1cccs1. The summed E-state index contributed by atoms with van der Waals surface area (Å²) in [5, 5.41) is 27.1. The van der Waals surface area contributed by atoms with Crippen LogP contribution in [0.5, 0.6) is 5.75 Å². The number of benzene rings is 1. The summed E-state index contributed by atoms with van der Waals surface area (Å²) in [6.07, 6.45) is -5.00. The van der Waals surface area contributed by atoms with Crippen LogP contribution < -0.4 is 16.0 Å². The second kappa shape index (κ2) is 11.2. The minimum absolute atomic E-state index is 0.0595. The summed E-state index contributed by atoms with van der Waals surface area (Å²) in [5.74, 6) is -4.51. The topological polar surface area (TPSA) is 145 Å². The number of amides is 3. The van der Waals surface area contributed by atoms with Crippen LogP contribution in [0.15, 0.2) is 47.8 Å². The van der Waals surface area contributed by atoms with Crippen LogP contribution in [0, 0.1) is 0 Å². The molecule has 0 fully saturated rings. The molecular weight excluding hydrogens is 523 g/mol. The molecule has 5 N–H and O–H groups in total. The van der Waals surface area contributed by atoms with Crippen molar-refractivity contribution in [1.29, 1.82) is 0 Å². The normalized spacial score (nSPS) is 12.0. The van der Waals surface area contributed by atoms with Crippen LogP contribution in [0.1, 0.15) is 40.1 Å². The molecule has 190 valence electrons. The lowest BCUT2D eigenvalue weighted by atomic mass is 10.2. The van der Waals surface area contributed by atoms with Gasteiger partial charge in [0.05, 0.1) is 15.3 Å². The molecule has 0 aliphatic rings. The van der Waals surface area contributed by atoms with E-state index in [0.29, 0.717) is 11.6 Å². The number of carboxylic acid groups (broad SMARTS) is 1. The number of rotatable bonds is 9. The molecule has 0 unspecified atom stereocenters. The molecule has 0 saturated heterocycles. The Morgan fingerprint density at radius 1 is 0.944 bits per heavy atom. The van der Waals surface area contributed by atoms with Crippen LogP contribution in [-0.2, 0) is 17.5 Å². The molecule has 0 radical (unpaired) electrons. The summed E-state index contributed by atoms with van der Waals surface area (Å²) in [4.78, 5) is 47.6. The van der Waals surface area contributed by atoms with Gasteiger partial charge in [0, 0.05) is 13.1 Å². The first-order valence-corrected chi connectivity index (χ1v) is 11.8. The monoisotopic (exact) mass is 541 g/mol. The van der Waals surface area contributed by atoms with E-state index in [1.807, 2.05) is 5.32 Å². The highest BCUT2D eigenvalue weighted by Crippen LogP contribution is 2.37. The van der Waals surface area contributed by atoms with Gasteiger partial charge in [-0.15, -0.1) is 22.7 Å². The molecule has 2 heterocycles. The number of aliphatic carboxylic acids is 1. The highest BCUT2D eigenvalue weighted by molar-refractivity contribution is 7.16. The van der Waals surface area contributed by atoms with Gasteiger partial charge in [-0.1, -0.05) is 18.2 Å². The molecule has 1 atom stereocenters. The Morgan fingerprint density at radius 3 is 2.28 bits per heavy atom. The van der Waals surface area contributed by atoms with Crippen LogP contribution >= 0.6 is 22.7 Å². The number of nitrogens with one attached hydrogen (secondary N) is 3. The summed E-state index contributed by atoms with van der Waals surface area (Å²) in [7, 11) is 0. The lowest BCUT2D eigenvalue weighted by Gasteiger charge is -2.15. The number of phenols is 1. The number of carbonyl (C=O) groups is 4. The molecule has 3 amide bonds. The molecule has 0 aliphatic heterocycles. The largest absolute Gasteiger partial charge is 0.508 e. The fourth-order valence-electron chi connectivity index (χ4n) is 2.93. The number of alkyl halides is 3. The zero-order valence-corrected chi connectivity index (χ0v) is 19.7. The van der Waals surface area contributed by atoms with Gasteiger partial charge >= 0.3 is 12.1 Å². The predicted molar refractivity (Wildman–Crippen MR) is 124 cm³/mol. The minimum Gasteiger partial charge on any atom is -0.508 e. The smallest absolute Gasteiger partial charge is 0.418 e. The van der Waals surface area contributed by atoms with Gasteiger partial charge in [0.1, 0.15) is 16.7 Å². The Labute approximate surface area is 209 Å². The number of carboxylic acids is 1. The van der Waals surface area contributed by atoms with Gasteiger partial charge < -0.3 is 26.2 Å². The first-order chi connectivity index (χ1) is 17.0. The maximum atomic E-state index is 13.6. The number of thiophene rings is 2. The Bertz CT molecular complexity index is 1270. The lowest BCUT2D eigenvalue weighted by molar-refractivity contribution is -0.139. The van der Waals surface area contributed by atoms with E-state index in [0.717, 1.165) is 11.3 Å². The molecular formula is C22H18F3N3O6S2. The van der Waals surface area contributed by atoms with E-state index in [1.54, 1.807) is 17.5 Å². The maximum Gasteiger partial charge on any atom is 0.418 e. The number of hydrogen-bond donors (Lipinski definition) is 5. The summed E-state index contributed by atoms with van der Waals surface area (Å²) in [5.41, 5.74) is -0.915. The first-order valence-electron chi connectivity index (χ1n) is 10.1.